The van der Waals surface area contributed by atoms with Gasteiger partial charge < -0.3 is 25.3 Å². The molecule has 3 N–H and O–H groups in total. The van der Waals surface area contributed by atoms with Gasteiger partial charge in [-0.15, -0.1) is 0 Å². The lowest BCUT2D eigenvalue weighted by atomic mass is 9.89. The maximum absolute atomic E-state index is 13.0. The van der Waals surface area contributed by atoms with Gasteiger partial charge in [0.15, 0.2) is 5.65 Å². The molecule has 2 atom stereocenters. The Balaban J connectivity index is 1.37. The topological polar surface area (TPSA) is 110 Å². The van der Waals surface area contributed by atoms with Gasteiger partial charge in [-0.1, -0.05) is 0 Å². The normalized spacial score (nSPS) is 20.1. The lowest BCUT2D eigenvalue weighted by Crippen LogP contribution is -2.51. The molecule has 0 radical (unpaired) electrons. The minimum absolute atomic E-state index is 0.0178. The van der Waals surface area contributed by atoms with E-state index in [-0.39, 0.29) is 18.1 Å². The van der Waals surface area contributed by atoms with Gasteiger partial charge in [0.05, 0.1) is 18.3 Å². The molecular weight excluding hydrogens is 420 g/mol. The zero-order chi connectivity index (χ0) is 22.5. The molecule has 4 aromatic heterocycles. The number of amides is 1. The quantitative estimate of drug-likeness (QED) is 0.400. The van der Waals surface area contributed by atoms with Gasteiger partial charge in [-0.25, -0.2) is 9.97 Å². The van der Waals surface area contributed by atoms with Gasteiger partial charge in [-0.05, 0) is 43.9 Å². The monoisotopic (exact) mass is 446 g/mol. The number of carbonyl (C=O) groups is 1. The first-order chi connectivity index (χ1) is 16.2. The van der Waals surface area contributed by atoms with Crippen LogP contribution in [0.2, 0.25) is 0 Å². The van der Waals surface area contributed by atoms with Crippen molar-refractivity contribution in [2.75, 3.05) is 24.8 Å². The van der Waals surface area contributed by atoms with E-state index in [1.807, 2.05) is 25.4 Å². The average Bonchev–Trinajstić information content (AvgIpc) is 3.44. The van der Waals surface area contributed by atoms with Crippen LogP contribution in [0.15, 0.2) is 36.7 Å². The van der Waals surface area contributed by atoms with Crippen LogP contribution in [0, 0.1) is 0 Å². The number of anilines is 3. The van der Waals surface area contributed by atoms with Crippen molar-refractivity contribution < 1.29 is 9.53 Å². The Morgan fingerprint density at radius 2 is 2.03 bits per heavy atom. The molecule has 0 aliphatic heterocycles. The van der Waals surface area contributed by atoms with Crippen LogP contribution in [-0.4, -0.2) is 56.4 Å². The standard InChI is InChI=1S/C23H26N8O2/c1-24-19-11-18(28-20-10-13-4-3-9-25-21(13)30(20)14-5-6-14)29-22-15(12-26-31(19)22)23(32)27-16-7-8-17(16)33-2/h3-4,9-12,14,16-17,24H,5-8H2,1-2H3,(H,27,32)(H,28,29)/t16-,17-/m1/s1. The number of fused-ring (bicyclic) bond motifs is 2. The lowest BCUT2D eigenvalue weighted by Gasteiger charge is -2.35. The van der Waals surface area contributed by atoms with Gasteiger partial charge >= 0.3 is 0 Å². The number of carbonyl (C=O) groups excluding carboxylic acids is 1. The molecule has 2 fully saturated rings. The number of hydrogen-bond donors (Lipinski definition) is 3. The summed E-state index contributed by atoms with van der Waals surface area (Å²) in [4.78, 5) is 22.4. The fourth-order valence-electron chi connectivity index (χ4n) is 4.51. The predicted molar refractivity (Wildman–Crippen MR) is 125 cm³/mol. The number of nitrogens with one attached hydrogen (secondary N) is 3. The van der Waals surface area contributed by atoms with Crippen LogP contribution < -0.4 is 16.0 Å². The van der Waals surface area contributed by atoms with Crippen LogP contribution in [0.4, 0.5) is 17.5 Å². The summed E-state index contributed by atoms with van der Waals surface area (Å²) in [6.45, 7) is 0. The highest BCUT2D eigenvalue weighted by Gasteiger charge is 2.33. The number of ether oxygens (including phenoxy) is 1. The second-order valence-electron chi connectivity index (χ2n) is 8.67. The smallest absolute Gasteiger partial charge is 0.257 e. The maximum Gasteiger partial charge on any atom is 0.257 e. The molecule has 1 amide bonds. The van der Waals surface area contributed by atoms with E-state index in [0.29, 0.717) is 23.1 Å². The molecule has 2 saturated carbocycles. The third-order valence-electron chi connectivity index (χ3n) is 6.57. The molecule has 10 nitrogen and oxygen atoms in total. The van der Waals surface area contributed by atoms with Crippen LogP contribution in [0.25, 0.3) is 16.7 Å². The molecule has 0 spiro atoms. The van der Waals surface area contributed by atoms with Crippen molar-refractivity contribution in [1.82, 2.24) is 29.5 Å². The van der Waals surface area contributed by atoms with E-state index in [2.05, 4.69) is 42.7 Å². The number of pyridine rings is 1. The Hall–Kier alpha value is -3.66. The highest BCUT2D eigenvalue weighted by atomic mass is 16.5. The third-order valence-corrected chi connectivity index (χ3v) is 6.57. The van der Waals surface area contributed by atoms with Crippen molar-refractivity contribution in [1.29, 1.82) is 0 Å². The first-order valence-electron chi connectivity index (χ1n) is 11.3. The predicted octanol–water partition coefficient (Wildman–Crippen LogP) is 3.11. The summed E-state index contributed by atoms with van der Waals surface area (Å²) in [5.41, 5.74) is 1.89. The van der Waals surface area contributed by atoms with Gasteiger partial charge in [-0.2, -0.15) is 9.61 Å². The fourth-order valence-corrected chi connectivity index (χ4v) is 4.51. The van der Waals surface area contributed by atoms with Gasteiger partial charge in [0.25, 0.3) is 5.91 Å². The van der Waals surface area contributed by atoms with Gasteiger partial charge in [0, 0.05) is 37.8 Å². The molecule has 2 aliphatic rings. The molecular formula is C23H26N8O2. The van der Waals surface area contributed by atoms with Crippen molar-refractivity contribution >= 4 is 40.0 Å². The molecule has 0 bridgehead atoms. The first-order valence-corrected chi connectivity index (χ1v) is 11.3. The van der Waals surface area contributed by atoms with Crippen molar-refractivity contribution in [2.24, 2.45) is 0 Å². The van der Waals surface area contributed by atoms with Crippen LogP contribution in [0.1, 0.15) is 42.1 Å². The van der Waals surface area contributed by atoms with E-state index >= 15 is 0 Å². The second-order valence-corrected chi connectivity index (χ2v) is 8.67. The molecule has 4 heterocycles. The van der Waals surface area contributed by atoms with Crippen molar-refractivity contribution in [3.63, 3.8) is 0 Å². The summed E-state index contributed by atoms with van der Waals surface area (Å²) in [7, 11) is 3.50. The minimum Gasteiger partial charge on any atom is -0.379 e. The average molecular weight is 447 g/mol. The molecule has 33 heavy (non-hydrogen) atoms. The maximum atomic E-state index is 13.0. The van der Waals surface area contributed by atoms with Crippen LogP contribution >= 0.6 is 0 Å². The molecule has 2 aliphatic carbocycles. The van der Waals surface area contributed by atoms with E-state index in [9.17, 15) is 4.79 Å². The lowest BCUT2D eigenvalue weighted by molar-refractivity contribution is 0.00732. The SMILES string of the molecule is CNc1cc(Nc2cc3cccnc3n2C2CC2)nc2c(C(=O)N[C@@H]3CC[C@H]3OC)cnn12. The van der Waals surface area contributed by atoms with Crippen LogP contribution in [-0.2, 0) is 4.74 Å². The Morgan fingerprint density at radius 3 is 2.76 bits per heavy atom. The highest BCUT2D eigenvalue weighted by Crippen LogP contribution is 2.41. The molecule has 10 heteroatoms. The van der Waals surface area contributed by atoms with E-state index in [4.69, 9.17) is 9.72 Å². The summed E-state index contributed by atoms with van der Waals surface area (Å²) >= 11 is 0. The zero-order valence-electron chi connectivity index (χ0n) is 18.6. The molecule has 4 aromatic rings. The van der Waals surface area contributed by atoms with E-state index in [0.717, 1.165) is 48.4 Å². The molecule has 0 unspecified atom stereocenters. The van der Waals surface area contributed by atoms with E-state index in [1.165, 1.54) is 0 Å². The molecule has 0 saturated heterocycles. The van der Waals surface area contributed by atoms with Gasteiger partial charge in [0.1, 0.15) is 28.7 Å². The second kappa shape index (κ2) is 7.73. The highest BCUT2D eigenvalue weighted by molar-refractivity contribution is 6.00. The minimum atomic E-state index is -0.195. The summed E-state index contributed by atoms with van der Waals surface area (Å²) in [6.07, 6.45) is 7.59. The third kappa shape index (κ3) is 3.37. The summed E-state index contributed by atoms with van der Waals surface area (Å²) in [5.74, 6) is 2.10. The van der Waals surface area contributed by atoms with Crippen molar-refractivity contribution in [3.8, 4) is 0 Å². The fraction of sp³-hybridized carbons (Fsp3) is 0.391. The molecule has 6 rings (SSSR count). The number of rotatable bonds is 7. The first kappa shape index (κ1) is 20.0. The van der Waals surface area contributed by atoms with Crippen molar-refractivity contribution in [3.05, 3.63) is 42.2 Å². The Kier molecular flexibility index (Phi) is 4.68. The number of hydrogen-bond acceptors (Lipinski definition) is 7. The summed E-state index contributed by atoms with van der Waals surface area (Å²) in [6, 6.07) is 8.45. The molecule has 0 aromatic carbocycles. The van der Waals surface area contributed by atoms with E-state index < -0.39 is 0 Å². The van der Waals surface area contributed by atoms with Crippen LogP contribution in [0.3, 0.4) is 0 Å². The number of aromatic nitrogens is 5. The van der Waals surface area contributed by atoms with E-state index in [1.54, 1.807) is 17.8 Å². The zero-order valence-corrected chi connectivity index (χ0v) is 18.6. The van der Waals surface area contributed by atoms with Gasteiger partial charge in [-0.3, -0.25) is 4.79 Å². The Morgan fingerprint density at radius 1 is 1.15 bits per heavy atom. The molecule has 170 valence electrons. The number of methoxy groups -OCH3 is 1. The number of nitrogens with zero attached hydrogens (tertiary/aromatic N) is 5. The Labute approximate surface area is 190 Å². The van der Waals surface area contributed by atoms with Gasteiger partial charge in [0.2, 0.25) is 0 Å². The van der Waals surface area contributed by atoms with Crippen LogP contribution in [0.5, 0.6) is 0 Å². The summed E-state index contributed by atoms with van der Waals surface area (Å²) in [5, 5.41) is 15.2. The summed E-state index contributed by atoms with van der Waals surface area (Å²) < 4.78 is 9.30. The van der Waals surface area contributed by atoms with Crippen molar-refractivity contribution in [2.45, 2.75) is 43.9 Å². The Bertz CT molecular complexity index is 1350. The largest absolute Gasteiger partial charge is 0.379 e.